The van der Waals surface area contributed by atoms with Gasteiger partial charge in [-0.15, -0.1) is 0 Å². The van der Waals surface area contributed by atoms with Gasteiger partial charge in [0.05, 0.1) is 18.5 Å². The van der Waals surface area contributed by atoms with Crippen LogP contribution in [0.15, 0.2) is 59.6 Å². The molecule has 0 aliphatic carbocycles. The molecule has 0 atom stereocenters. The van der Waals surface area contributed by atoms with Crippen LogP contribution in [0, 0.1) is 11.3 Å². The van der Waals surface area contributed by atoms with Gasteiger partial charge >= 0.3 is 0 Å². The van der Waals surface area contributed by atoms with E-state index in [1.165, 1.54) is 0 Å². The Bertz CT molecular complexity index is 1080. The van der Waals surface area contributed by atoms with Gasteiger partial charge in [-0.3, -0.25) is 4.99 Å². The Balaban J connectivity index is 1.49. The van der Waals surface area contributed by atoms with Crippen LogP contribution in [0.5, 0.6) is 5.75 Å². The van der Waals surface area contributed by atoms with E-state index < -0.39 is 0 Å². The molecular formula is C24H29N7O. The first-order valence-corrected chi connectivity index (χ1v) is 10.6. The molecule has 0 fully saturated rings. The van der Waals surface area contributed by atoms with Crippen molar-refractivity contribution in [1.29, 1.82) is 5.26 Å². The van der Waals surface area contributed by atoms with Crippen molar-refractivity contribution in [2.24, 2.45) is 4.99 Å². The monoisotopic (exact) mass is 431 g/mol. The predicted molar refractivity (Wildman–Crippen MR) is 127 cm³/mol. The number of guanidine groups is 1. The molecule has 3 rings (SSSR count). The van der Waals surface area contributed by atoms with E-state index in [2.05, 4.69) is 32.9 Å². The van der Waals surface area contributed by atoms with Crippen molar-refractivity contribution in [1.82, 2.24) is 20.4 Å². The van der Waals surface area contributed by atoms with Gasteiger partial charge in [-0.25, -0.2) is 4.68 Å². The molecule has 8 nitrogen and oxygen atoms in total. The number of para-hydroxylation sites is 2. The molecule has 0 saturated heterocycles. The van der Waals surface area contributed by atoms with Gasteiger partial charge in [0.25, 0.3) is 0 Å². The van der Waals surface area contributed by atoms with Crippen LogP contribution in [-0.4, -0.2) is 43.0 Å². The molecule has 0 aliphatic rings. The minimum atomic E-state index is 0.371. The Morgan fingerprint density at radius 3 is 2.53 bits per heavy atom. The molecule has 0 spiro atoms. The molecule has 4 N–H and O–H groups in total. The van der Waals surface area contributed by atoms with Gasteiger partial charge < -0.3 is 21.1 Å². The summed E-state index contributed by atoms with van der Waals surface area (Å²) in [5.74, 6) is 1.99. The van der Waals surface area contributed by atoms with Crippen molar-refractivity contribution in [3.05, 3.63) is 71.4 Å². The number of nitriles is 1. The minimum absolute atomic E-state index is 0.371. The number of ether oxygens (including phenoxy) is 1. The van der Waals surface area contributed by atoms with Crippen LogP contribution in [0.25, 0.3) is 5.69 Å². The zero-order valence-electron chi connectivity index (χ0n) is 18.5. The molecule has 0 aliphatic heterocycles. The van der Waals surface area contributed by atoms with E-state index in [0.717, 1.165) is 42.3 Å². The second kappa shape index (κ2) is 11.4. The molecule has 0 saturated carbocycles. The molecular weight excluding hydrogens is 402 g/mol. The maximum absolute atomic E-state index is 9.53. The fourth-order valence-corrected chi connectivity index (χ4v) is 3.45. The second-order valence-corrected chi connectivity index (χ2v) is 7.16. The largest absolute Gasteiger partial charge is 0.496 e. The lowest BCUT2D eigenvalue weighted by Gasteiger charge is -2.13. The summed E-state index contributed by atoms with van der Waals surface area (Å²) in [7, 11) is 3.43. The van der Waals surface area contributed by atoms with E-state index in [4.69, 9.17) is 10.5 Å². The summed E-state index contributed by atoms with van der Waals surface area (Å²) in [6.45, 7) is 1.42. The number of aromatic nitrogens is 2. The summed E-state index contributed by atoms with van der Waals surface area (Å²) < 4.78 is 7.02. The van der Waals surface area contributed by atoms with Crippen molar-refractivity contribution in [3.8, 4) is 17.5 Å². The minimum Gasteiger partial charge on any atom is -0.496 e. The Morgan fingerprint density at radius 1 is 1.09 bits per heavy atom. The number of nitrogens with one attached hydrogen (secondary N) is 2. The Labute approximate surface area is 188 Å². The number of methoxy groups -OCH3 is 1. The molecule has 2 aromatic carbocycles. The summed E-state index contributed by atoms with van der Waals surface area (Å²) in [5.41, 5.74) is 9.30. The third kappa shape index (κ3) is 5.58. The predicted octanol–water partition coefficient (Wildman–Crippen LogP) is 2.68. The van der Waals surface area contributed by atoms with Crippen molar-refractivity contribution in [3.63, 3.8) is 0 Å². The van der Waals surface area contributed by atoms with Crippen LogP contribution in [0.3, 0.4) is 0 Å². The van der Waals surface area contributed by atoms with Crippen molar-refractivity contribution in [2.75, 3.05) is 33.0 Å². The highest BCUT2D eigenvalue weighted by molar-refractivity contribution is 5.79. The van der Waals surface area contributed by atoms with Crippen LogP contribution < -0.4 is 21.1 Å². The number of aliphatic imine (C=N–C) groups is 1. The van der Waals surface area contributed by atoms with Crippen molar-refractivity contribution >= 4 is 11.8 Å². The normalized spacial score (nSPS) is 11.1. The standard InChI is InChI=1S/C24H29N7O/c1-27-24(29-16-14-18-9-6-7-13-22(18)32-2)28-15-8-12-21-20(17-25)23(26)31(30-21)19-10-4-3-5-11-19/h3-7,9-11,13H,8,12,14-16,26H2,1-2H3,(H2,27,28,29). The smallest absolute Gasteiger partial charge is 0.190 e. The first-order valence-electron chi connectivity index (χ1n) is 10.6. The highest BCUT2D eigenvalue weighted by atomic mass is 16.5. The SMILES string of the molecule is CN=C(NCCCc1nn(-c2ccccc2)c(N)c1C#N)NCCc1ccccc1OC. The van der Waals surface area contributed by atoms with E-state index in [-0.39, 0.29) is 0 Å². The zero-order valence-corrected chi connectivity index (χ0v) is 18.5. The fourth-order valence-electron chi connectivity index (χ4n) is 3.45. The molecule has 0 bridgehead atoms. The van der Waals surface area contributed by atoms with E-state index in [1.54, 1.807) is 18.8 Å². The fraction of sp³-hybridized carbons (Fsp3) is 0.292. The number of nitrogens with two attached hydrogens (primary N) is 1. The van der Waals surface area contributed by atoms with Gasteiger partial charge in [-0.1, -0.05) is 36.4 Å². The summed E-state index contributed by atoms with van der Waals surface area (Å²) in [6.07, 6.45) is 2.25. The van der Waals surface area contributed by atoms with E-state index in [1.807, 2.05) is 48.5 Å². The van der Waals surface area contributed by atoms with Crippen LogP contribution in [0.2, 0.25) is 0 Å². The highest BCUT2D eigenvalue weighted by Crippen LogP contribution is 2.21. The summed E-state index contributed by atoms with van der Waals surface area (Å²) >= 11 is 0. The van der Waals surface area contributed by atoms with Gasteiger partial charge in [0.1, 0.15) is 23.2 Å². The topological polar surface area (TPSA) is 113 Å². The quantitative estimate of drug-likeness (QED) is 0.273. The van der Waals surface area contributed by atoms with Crippen molar-refractivity contribution in [2.45, 2.75) is 19.3 Å². The number of nitrogens with zero attached hydrogens (tertiary/aromatic N) is 4. The lowest BCUT2D eigenvalue weighted by molar-refractivity contribution is 0.409. The van der Waals surface area contributed by atoms with Crippen LogP contribution >= 0.6 is 0 Å². The molecule has 32 heavy (non-hydrogen) atoms. The summed E-state index contributed by atoms with van der Waals surface area (Å²) in [5, 5.41) is 20.7. The maximum Gasteiger partial charge on any atom is 0.190 e. The Kier molecular flexibility index (Phi) is 8.09. The number of anilines is 1. The molecule has 1 heterocycles. The lowest BCUT2D eigenvalue weighted by atomic mass is 10.1. The number of rotatable bonds is 9. The number of benzene rings is 2. The average molecular weight is 432 g/mol. The van der Waals surface area contributed by atoms with Gasteiger partial charge in [-0.05, 0) is 43.0 Å². The van der Waals surface area contributed by atoms with Crippen LogP contribution in [0.1, 0.15) is 23.2 Å². The molecule has 0 radical (unpaired) electrons. The highest BCUT2D eigenvalue weighted by Gasteiger charge is 2.16. The third-order valence-electron chi connectivity index (χ3n) is 5.09. The van der Waals surface area contributed by atoms with Crippen molar-refractivity contribution < 1.29 is 4.74 Å². The Hall–Kier alpha value is -3.99. The van der Waals surface area contributed by atoms with E-state index in [0.29, 0.717) is 30.0 Å². The molecule has 0 unspecified atom stereocenters. The average Bonchev–Trinajstić information content (AvgIpc) is 3.16. The van der Waals surface area contributed by atoms with Crippen LogP contribution in [-0.2, 0) is 12.8 Å². The molecule has 3 aromatic rings. The number of nitrogen functional groups attached to an aromatic ring is 1. The van der Waals surface area contributed by atoms with Gasteiger partial charge in [0.15, 0.2) is 5.96 Å². The van der Waals surface area contributed by atoms with E-state index >= 15 is 0 Å². The number of hydrogen-bond donors (Lipinski definition) is 3. The second-order valence-electron chi connectivity index (χ2n) is 7.16. The summed E-state index contributed by atoms with van der Waals surface area (Å²) in [6, 6.07) is 19.8. The summed E-state index contributed by atoms with van der Waals surface area (Å²) in [4.78, 5) is 4.27. The van der Waals surface area contributed by atoms with Gasteiger partial charge in [0.2, 0.25) is 0 Å². The third-order valence-corrected chi connectivity index (χ3v) is 5.09. The molecule has 1 aromatic heterocycles. The molecule has 166 valence electrons. The first kappa shape index (κ1) is 22.7. The molecule has 0 amide bonds. The first-order chi connectivity index (χ1) is 15.7. The maximum atomic E-state index is 9.53. The van der Waals surface area contributed by atoms with Crippen LogP contribution in [0.4, 0.5) is 5.82 Å². The molecule has 8 heteroatoms. The number of aryl methyl sites for hydroxylation is 1. The Morgan fingerprint density at radius 2 is 1.81 bits per heavy atom. The number of hydrogen-bond acceptors (Lipinski definition) is 5. The zero-order chi connectivity index (χ0) is 22.8. The van der Waals surface area contributed by atoms with Gasteiger partial charge in [-0.2, -0.15) is 10.4 Å². The van der Waals surface area contributed by atoms with E-state index in [9.17, 15) is 5.26 Å². The van der Waals surface area contributed by atoms with Gasteiger partial charge in [0, 0.05) is 20.1 Å². The lowest BCUT2D eigenvalue weighted by Crippen LogP contribution is -2.38.